The Hall–Kier alpha value is -2.55. The molecule has 0 bridgehead atoms. The van der Waals surface area contributed by atoms with Gasteiger partial charge in [0.25, 0.3) is 0 Å². The van der Waals surface area contributed by atoms with Gasteiger partial charge < -0.3 is 21.5 Å². The first kappa shape index (κ1) is 15.5. The number of rotatable bonds is 5. The Labute approximate surface area is 111 Å². The fourth-order valence-corrected chi connectivity index (χ4v) is 1.27. The van der Waals surface area contributed by atoms with Gasteiger partial charge in [0.05, 0.1) is 24.3 Å². The molecule has 0 saturated heterocycles. The minimum atomic E-state index is -1.54. The zero-order valence-electron chi connectivity index (χ0n) is 10.1. The summed E-state index contributed by atoms with van der Waals surface area (Å²) in [4.78, 5) is 33.1. The van der Waals surface area contributed by atoms with Crippen molar-refractivity contribution in [1.82, 2.24) is 5.32 Å². The van der Waals surface area contributed by atoms with Gasteiger partial charge in [-0.25, -0.2) is 13.6 Å². The number of carbonyl (C=O) groups is 3. The van der Waals surface area contributed by atoms with Crippen molar-refractivity contribution in [3.05, 3.63) is 29.3 Å². The lowest BCUT2D eigenvalue weighted by atomic mass is 10.1. The van der Waals surface area contributed by atoms with Gasteiger partial charge in [-0.1, -0.05) is 0 Å². The van der Waals surface area contributed by atoms with Crippen LogP contribution in [0, 0.1) is 11.6 Å². The second-order valence-corrected chi connectivity index (χ2v) is 3.65. The number of hydrogen-bond acceptors (Lipinski definition) is 4. The lowest BCUT2D eigenvalue weighted by molar-refractivity contribution is -0.123. The Morgan fingerprint density at radius 3 is 2.30 bits per heavy atom. The molecule has 20 heavy (non-hydrogen) atoms. The predicted octanol–water partition coefficient (Wildman–Crippen LogP) is -0.324. The molecule has 9 heteroatoms. The molecule has 0 aromatic heterocycles. The van der Waals surface area contributed by atoms with Gasteiger partial charge in [-0.2, -0.15) is 0 Å². The number of nitrogens with one attached hydrogen (secondary N) is 2. The molecule has 0 radical (unpaired) electrons. The summed E-state index contributed by atoms with van der Waals surface area (Å²) in [6.45, 7) is -0.799. The molecule has 1 rings (SSSR count). The second kappa shape index (κ2) is 6.57. The van der Waals surface area contributed by atoms with Crippen molar-refractivity contribution < 1.29 is 28.3 Å². The molecule has 0 unspecified atom stereocenters. The van der Waals surface area contributed by atoms with Crippen molar-refractivity contribution >= 4 is 23.5 Å². The maximum absolute atomic E-state index is 13.0. The summed E-state index contributed by atoms with van der Waals surface area (Å²) in [5, 5.41) is 13.0. The molecule has 0 fully saturated rings. The molecule has 0 aliphatic rings. The van der Waals surface area contributed by atoms with Crippen molar-refractivity contribution in [1.29, 1.82) is 0 Å². The molecule has 1 aromatic rings. The van der Waals surface area contributed by atoms with Crippen LogP contribution in [0.1, 0.15) is 10.4 Å². The first-order valence-electron chi connectivity index (χ1n) is 5.34. The zero-order chi connectivity index (χ0) is 15.3. The summed E-state index contributed by atoms with van der Waals surface area (Å²) in [6.07, 6.45) is 0. The summed E-state index contributed by atoms with van der Waals surface area (Å²) in [6, 6.07) is 0.993. The standard InChI is InChI=1S/C11H11F2N3O4/c12-6-1-5(11(19)20)8(2-7(6)13)16-10(18)4-15-9(17)3-14/h1-2H,3-4,14H2,(H,15,17)(H,16,18)(H,19,20). The monoisotopic (exact) mass is 287 g/mol. The molecule has 0 aliphatic carbocycles. The van der Waals surface area contributed by atoms with E-state index in [4.69, 9.17) is 10.8 Å². The molecule has 7 nitrogen and oxygen atoms in total. The minimum Gasteiger partial charge on any atom is -0.478 e. The predicted molar refractivity (Wildman–Crippen MR) is 64.0 cm³/mol. The van der Waals surface area contributed by atoms with Crippen LogP contribution in [-0.2, 0) is 9.59 Å². The number of carbonyl (C=O) groups excluding carboxylic acids is 2. The first-order valence-corrected chi connectivity index (χ1v) is 5.34. The molecule has 5 N–H and O–H groups in total. The number of amides is 2. The maximum atomic E-state index is 13.0. The fourth-order valence-electron chi connectivity index (χ4n) is 1.27. The fraction of sp³-hybridized carbons (Fsp3) is 0.182. The molecular formula is C11H11F2N3O4. The van der Waals surface area contributed by atoms with Crippen molar-refractivity contribution in [2.75, 3.05) is 18.4 Å². The number of benzene rings is 1. The number of anilines is 1. The van der Waals surface area contributed by atoms with Crippen LogP contribution in [0.25, 0.3) is 0 Å². The van der Waals surface area contributed by atoms with E-state index in [1.54, 1.807) is 0 Å². The van der Waals surface area contributed by atoms with Crippen LogP contribution in [0.15, 0.2) is 12.1 Å². The van der Waals surface area contributed by atoms with Gasteiger partial charge in [0, 0.05) is 6.07 Å². The topological polar surface area (TPSA) is 122 Å². The van der Waals surface area contributed by atoms with Crippen molar-refractivity contribution in [2.45, 2.75) is 0 Å². The van der Waals surface area contributed by atoms with E-state index < -0.39 is 47.2 Å². The minimum absolute atomic E-state index is 0.321. The molecule has 0 atom stereocenters. The summed E-state index contributed by atoms with van der Waals surface area (Å²) in [5.41, 5.74) is 3.98. The number of aromatic carboxylic acids is 1. The van der Waals surface area contributed by atoms with Crippen LogP contribution >= 0.6 is 0 Å². The van der Waals surface area contributed by atoms with E-state index in [0.717, 1.165) is 0 Å². The Balaban J connectivity index is 2.86. The lowest BCUT2D eigenvalue weighted by Crippen LogP contribution is -2.36. The van der Waals surface area contributed by atoms with E-state index in [1.165, 1.54) is 0 Å². The molecule has 108 valence electrons. The number of hydrogen-bond donors (Lipinski definition) is 4. The van der Waals surface area contributed by atoms with Gasteiger partial charge in [0.2, 0.25) is 11.8 Å². The summed E-state index contributed by atoms with van der Waals surface area (Å²) in [7, 11) is 0. The van der Waals surface area contributed by atoms with E-state index in [1.807, 2.05) is 0 Å². The second-order valence-electron chi connectivity index (χ2n) is 3.65. The highest BCUT2D eigenvalue weighted by Gasteiger charge is 2.17. The van der Waals surface area contributed by atoms with E-state index >= 15 is 0 Å². The van der Waals surface area contributed by atoms with Crippen LogP contribution in [0.3, 0.4) is 0 Å². The molecule has 1 aromatic carbocycles. The third kappa shape index (κ3) is 3.99. The summed E-state index contributed by atoms with van der Waals surface area (Å²) < 4.78 is 26.0. The highest BCUT2D eigenvalue weighted by molar-refractivity contribution is 6.01. The maximum Gasteiger partial charge on any atom is 0.337 e. The van der Waals surface area contributed by atoms with Crippen LogP contribution in [-0.4, -0.2) is 36.0 Å². The average Bonchev–Trinajstić information content (AvgIpc) is 2.39. The Kier molecular flexibility index (Phi) is 5.09. The number of nitrogens with two attached hydrogens (primary N) is 1. The molecular weight excluding hydrogens is 276 g/mol. The lowest BCUT2D eigenvalue weighted by Gasteiger charge is -2.09. The largest absolute Gasteiger partial charge is 0.478 e. The van der Waals surface area contributed by atoms with Gasteiger partial charge in [0.1, 0.15) is 0 Å². The molecule has 2 amide bonds. The third-order valence-electron chi connectivity index (χ3n) is 2.20. The molecule has 0 aliphatic heterocycles. The third-order valence-corrected chi connectivity index (χ3v) is 2.20. The molecule has 0 heterocycles. The van der Waals surface area contributed by atoms with Gasteiger partial charge >= 0.3 is 5.97 Å². The van der Waals surface area contributed by atoms with Crippen molar-refractivity contribution in [3.63, 3.8) is 0 Å². The van der Waals surface area contributed by atoms with Crippen LogP contribution in [0.2, 0.25) is 0 Å². The zero-order valence-corrected chi connectivity index (χ0v) is 10.1. The molecule has 0 saturated carbocycles. The van der Waals surface area contributed by atoms with Crippen LogP contribution in [0.4, 0.5) is 14.5 Å². The Morgan fingerprint density at radius 1 is 1.15 bits per heavy atom. The number of carboxylic acid groups (broad SMARTS) is 1. The van der Waals surface area contributed by atoms with Crippen molar-refractivity contribution in [2.24, 2.45) is 5.73 Å². The quantitative estimate of drug-likeness (QED) is 0.591. The van der Waals surface area contributed by atoms with E-state index in [0.29, 0.717) is 12.1 Å². The van der Waals surface area contributed by atoms with Crippen molar-refractivity contribution in [3.8, 4) is 0 Å². The smallest absolute Gasteiger partial charge is 0.337 e. The Bertz CT molecular complexity index is 563. The summed E-state index contributed by atoms with van der Waals surface area (Å²) >= 11 is 0. The number of carboxylic acids is 1. The highest BCUT2D eigenvalue weighted by atomic mass is 19.2. The normalized spacial score (nSPS) is 9.95. The average molecular weight is 287 g/mol. The van der Waals surface area contributed by atoms with Gasteiger partial charge in [-0.05, 0) is 6.07 Å². The number of halogens is 2. The summed E-state index contributed by atoms with van der Waals surface area (Å²) in [5.74, 6) is -5.59. The Morgan fingerprint density at radius 2 is 1.75 bits per heavy atom. The highest BCUT2D eigenvalue weighted by Crippen LogP contribution is 2.20. The van der Waals surface area contributed by atoms with Gasteiger partial charge in [-0.15, -0.1) is 0 Å². The van der Waals surface area contributed by atoms with Gasteiger partial charge in [-0.3, -0.25) is 9.59 Å². The first-order chi connectivity index (χ1) is 9.35. The molecule has 0 spiro atoms. The van der Waals surface area contributed by atoms with Crippen LogP contribution < -0.4 is 16.4 Å². The van der Waals surface area contributed by atoms with E-state index in [2.05, 4.69) is 10.6 Å². The van der Waals surface area contributed by atoms with Gasteiger partial charge in [0.15, 0.2) is 11.6 Å². The SMILES string of the molecule is NCC(=O)NCC(=O)Nc1cc(F)c(F)cc1C(=O)O. The van der Waals surface area contributed by atoms with E-state index in [-0.39, 0.29) is 6.54 Å². The van der Waals surface area contributed by atoms with Crippen LogP contribution in [0.5, 0.6) is 0 Å². The van der Waals surface area contributed by atoms with E-state index in [9.17, 15) is 23.2 Å².